The molecule has 9 atom stereocenters. The van der Waals surface area contributed by atoms with E-state index in [4.69, 9.17) is 10.5 Å². The Morgan fingerprint density at radius 3 is 2.03 bits per heavy atom. The quantitative estimate of drug-likeness (QED) is 0.0353. The van der Waals surface area contributed by atoms with Crippen LogP contribution in [0.5, 0.6) is 5.75 Å². The number of carbonyl (C=O) groups is 11. The van der Waals surface area contributed by atoms with Crippen LogP contribution in [0.3, 0.4) is 0 Å². The largest absolute Gasteiger partial charge is 0.508 e. The lowest BCUT2D eigenvalue weighted by Crippen LogP contribution is -2.65. The summed E-state index contributed by atoms with van der Waals surface area (Å²) < 4.78 is 5.81. The first kappa shape index (κ1) is 72.0. The number of rotatable bonds is 24. The molecule has 1 saturated heterocycles. The molecule has 1 aromatic carbocycles. The second-order valence-corrected chi connectivity index (χ2v) is 21.8. The van der Waals surface area contributed by atoms with Crippen molar-refractivity contribution in [3.8, 4) is 5.75 Å². The van der Waals surface area contributed by atoms with E-state index in [2.05, 4.69) is 59.4 Å². The van der Waals surface area contributed by atoms with E-state index in [-0.39, 0.29) is 17.9 Å². The van der Waals surface area contributed by atoms with Crippen LogP contribution < -0.4 is 48.3 Å². The van der Waals surface area contributed by atoms with Gasteiger partial charge in [-0.1, -0.05) is 89.0 Å². The van der Waals surface area contributed by atoms with Crippen molar-refractivity contribution in [1.29, 1.82) is 0 Å². The predicted molar refractivity (Wildman–Crippen MR) is 312 cm³/mol. The molecule has 1 fully saturated rings. The SMILES string of the molecule is C/C=C(/NC(=O)C[C@H](O)CCCCCCCCCCC)C(=O)N[C@@H]1C(=O)N[C@H](C(C)(C)O)C(=O)N[C@H](Cc2ccc(O)cc2)C(=O)N/C(=C/C)C(=O)N[C@@H](CCC(N)=O)C(=O)NCC(=O)N(C)C([C@@H](C)O)C(=O)NC(Cc2cnc[nH]2)C(=O)O[C@@H]1C. The lowest BCUT2D eigenvalue weighted by Gasteiger charge is -2.33. The van der Waals surface area contributed by atoms with E-state index in [1.165, 1.54) is 69.6 Å². The third-order valence-corrected chi connectivity index (χ3v) is 14.1. The lowest BCUT2D eigenvalue weighted by atomic mass is 9.96. The van der Waals surface area contributed by atoms with Crippen LogP contribution in [0.4, 0.5) is 0 Å². The number of nitrogens with two attached hydrogens (primary N) is 1. The number of cyclic esters (lactones) is 1. The number of aromatic hydroxyl groups is 1. The number of primary amides is 1. The van der Waals surface area contributed by atoms with Crippen molar-refractivity contribution in [2.24, 2.45) is 5.73 Å². The number of aliphatic hydroxyl groups excluding tert-OH is 2. The van der Waals surface area contributed by atoms with Crippen LogP contribution in [0.15, 0.2) is 60.3 Å². The third-order valence-electron chi connectivity index (χ3n) is 14.1. The molecule has 3 rings (SSSR count). The zero-order valence-electron chi connectivity index (χ0n) is 50.3. The van der Waals surface area contributed by atoms with E-state index < -0.39 is 169 Å². The maximum atomic E-state index is 14.8. The molecular weight excluding hydrogens is 1120 g/mol. The number of phenolic OH excluding ortho intramolecular Hbond substituents is 1. The minimum atomic E-state index is -2.22. The van der Waals surface area contributed by atoms with E-state index in [9.17, 15) is 73.2 Å². The van der Waals surface area contributed by atoms with E-state index in [1.54, 1.807) is 0 Å². The first-order valence-corrected chi connectivity index (χ1v) is 28.9. The van der Waals surface area contributed by atoms with Gasteiger partial charge >= 0.3 is 5.97 Å². The van der Waals surface area contributed by atoms with Gasteiger partial charge in [0.15, 0.2) is 0 Å². The topological polar surface area (TPSA) is 432 Å². The van der Waals surface area contributed by atoms with Crippen LogP contribution in [0.1, 0.15) is 143 Å². The van der Waals surface area contributed by atoms with E-state index in [1.807, 2.05) is 0 Å². The average molecular weight is 1210 g/mol. The Morgan fingerprint density at radius 1 is 0.837 bits per heavy atom. The number of imidazole rings is 1. The van der Waals surface area contributed by atoms with Crippen LogP contribution >= 0.6 is 0 Å². The van der Waals surface area contributed by atoms with Gasteiger partial charge in [0.2, 0.25) is 47.3 Å². The summed E-state index contributed by atoms with van der Waals surface area (Å²) in [5.41, 5.74) is 2.82. The number of H-pyrrole nitrogens is 1. The summed E-state index contributed by atoms with van der Waals surface area (Å²) in [6.45, 7) is 8.58. The zero-order chi connectivity index (χ0) is 64.3. The number of carbonyl (C=O) groups excluding carboxylic acids is 11. The number of nitrogens with zero attached hydrogens (tertiary/aromatic N) is 2. The number of aliphatic hydroxyl groups is 3. The molecule has 86 heavy (non-hydrogen) atoms. The van der Waals surface area contributed by atoms with Gasteiger partial charge in [0.1, 0.15) is 59.5 Å². The van der Waals surface area contributed by atoms with Gasteiger partial charge in [0, 0.05) is 38.2 Å². The highest BCUT2D eigenvalue weighted by atomic mass is 16.5. The van der Waals surface area contributed by atoms with Gasteiger partial charge in [-0.3, -0.25) is 47.9 Å². The second kappa shape index (κ2) is 35.9. The Balaban J connectivity index is 2.15. The minimum Gasteiger partial charge on any atom is -0.508 e. The highest BCUT2D eigenvalue weighted by Gasteiger charge is 2.42. The fraction of sp³-hybridized carbons (Fsp3) is 0.586. The number of ether oxygens (including phenoxy) is 1. The van der Waals surface area contributed by atoms with Crippen LogP contribution in [0.2, 0.25) is 0 Å². The molecule has 28 heteroatoms. The summed E-state index contributed by atoms with van der Waals surface area (Å²) in [5.74, 6) is -12.0. The van der Waals surface area contributed by atoms with Crippen molar-refractivity contribution in [3.63, 3.8) is 0 Å². The summed E-state index contributed by atoms with van der Waals surface area (Å²) in [5, 5.41) is 62.5. The Kier molecular flexibility index (Phi) is 30.1. The molecule has 1 aromatic heterocycles. The Bertz CT molecular complexity index is 2690. The number of amides is 10. The van der Waals surface area contributed by atoms with Gasteiger partial charge in [0.05, 0.1) is 37.1 Å². The minimum absolute atomic E-state index is 0.151. The van der Waals surface area contributed by atoms with Crippen LogP contribution in [0.25, 0.3) is 0 Å². The summed E-state index contributed by atoms with van der Waals surface area (Å²) >= 11 is 0. The molecular formula is C58H88N12O16. The number of esters is 1. The lowest BCUT2D eigenvalue weighted by molar-refractivity contribution is -0.157. The predicted octanol–water partition coefficient (Wildman–Crippen LogP) is -0.658. The number of aromatic amines is 1. The van der Waals surface area contributed by atoms with E-state index in [0.717, 1.165) is 84.2 Å². The monoisotopic (exact) mass is 1210 g/mol. The molecule has 15 N–H and O–H groups in total. The number of aromatic nitrogens is 2. The summed E-state index contributed by atoms with van der Waals surface area (Å²) in [6, 6.07) is -5.42. The Morgan fingerprint density at radius 2 is 1.47 bits per heavy atom. The number of phenols is 1. The maximum Gasteiger partial charge on any atom is 0.329 e. The smallest absolute Gasteiger partial charge is 0.329 e. The number of likely N-dealkylation sites (N-methyl/N-ethyl adjacent to an activating group) is 1. The van der Waals surface area contributed by atoms with Gasteiger partial charge in [-0.05, 0) is 72.1 Å². The van der Waals surface area contributed by atoms with E-state index in [0.29, 0.717) is 18.4 Å². The number of hydrogen-bond donors (Lipinski definition) is 14. The van der Waals surface area contributed by atoms with Crippen molar-refractivity contribution in [2.45, 2.75) is 205 Å². The molecule has 1 aliphatic rings. The molecule has 10 amide bonds. The average Bonchev–Trinajstić information content (AvgIpc) is 2.01. The highest BCUT2D eigenvalue weighted by Crippen LogP contribution is 2.18. The van der Waals surface area contributed by atoms with Gasteiger partial charge in [-0.2, -0.15) is 0 Å². The van der Waals surface area contributed by atoms with Gasteiger partial charge in [0.25, 0.3) is 11.8 Å². The summed E-state index contributed by atoms with van der Waals surface area (Å²) in [6.07, 6.45) is 8.09. The van der Waals surface area contributed by atoms with Crippen molar-refractivity contribution in [3.05, 3.63) is 71.6 Å². The van der Waals surface area contributed by atoms with Gasteiger partial charge in [-0.15, -0.1) is 0 Å². The fourth-order valence-corrected chi connectivity index (χ4v) is 9.17. The number of hydrogen-bond acceptors (Lipinski definition) is 17. The summed E-state index contributed by atoms with van der Waals surface area (Å²) in [4.78, 5) is 160. The van der Waals surface area contributed by atoms with Gasteiger partial charge in [-0.25, -0.2) is 9.78 Å². The van der Waals surface area contributed by atoms with E-state index >= 15 is 0 Å². The van der Waals surface area contributed by atoms with Crippen molar-refractivity contribution >= 4 is 65.0 Å². The molecule has 0 spiro atoms. The summed E-state index contributed by atoms with van der Waals surface area (Å²) in [7, 11) is 1.11. The molecule has 0 saturated carbocycles. The van der Waals surface area contributed by atoms with Crippen LogP contribution in [0, 0.1) is 0 Å². The Hall–Kier alpha value is -8.24. The number of nitrogens with one attached hydrogen (secondary N) is 9. The maximum absolute atomic E-state index is 14.8. The van der Waals surface area contributed by atoms with Crippen LogP contribution in [-0.4, -0.2) is 174 Å². The normalized spacial score (nSPS) is 22.5. The molecule has 2 unspecified atom stereocenters. The molecule has 2 heterocycles. The molecule has 0 radical (unpaired) electrons. The first-order valence-electron chi connectivity index (χ1n) is 28.9. The van der Waals surface area contributed by atoms with Crippen molar-refractivity contribution in [1.82, 2.24) is 57.4 Å². The third kappa shape index (κ3) is 24.4. The standard InChI is InChI=1S/C58H88N12O16/c1-9-12-13-14-15-16-17-18-19-20-38(73)29-45(75)63-39(10-2)52(79)68-47-34(5)86-57(84)43(28-36-30-60-32-62-36)67-55(82)48(33(4)71)70(8)46(76)31-61-50(77)41(25-26-44(59)74)65-51(78)40(11-3)64-53(80)42(27-35-21-23-37(72)24-22-35)66-56(83)49(58(6,7)85)69-54(47)81/h10-11,21-24,30,32-34,38,41-43,47-49,71-73,85H,9,12-20,25-29,31H2,1-8H3,(H2,59,74)(H,60,62)(H,61,77)(H,63,75)(H,64,80)(H,65,78)(H,66,83)(H,67,82)(H,68,79)(H,69,81)/b39-10+,40-11+/t33-,34-,38-,41+,42-,43?,47+,48?,49+/m1/s1. The van der Waals surface area contributed by atoms with Crippen molar-refractivity contribution < 1.29 is 77.9 Å². The fourth-order valence-electron chi connectivity index (χ4n) is 9.17. The first-order chi connectivity index (χ1) is 40.6. The molecule has 1 aliphatic heterocycles. The van der Waals surface area contributed by atoms with Crippen LogP contribution in [-0.2, 0) is 70.3 Å². The molecule has 476 valence electrons. The number of benzene rings is 1. The van der Waals surface area contributed by atoms with Crippen molar-refractivity contribution in [2.75, 3.05) is 13.6 Å². The highest BCUT2D eigenvalue weighted by molar-refractivity contribution is 6.03. The second-order valence-electron chi connectivity index (χ2n) is 21.8. The molecule has 0 aliphatic carbocycles. The molecule has 0 bridgehead atoms. The Labute approximate surface area is 500 Å². The number of allylic oxidation sites excluding steroid dienone is 2. The number of unbranched alkanes of at least 4 members (excludes halogenated alkanes) is 8. The molecule has 2 aromatic rings. The molecule has 28 nitrogen and oxygen atoms in total. The van der Waals surface area contributed by atoms with Gasteiger partial charge < -0.3 is 83.3 Å². The zero-order valence-corrected chi connectivity index (χ0v) is 50.3.